The molecular weight excluding hydrogens is 340 g/mol. The summed E-state index contributed by atoms with van der Waals surface area (Å²) < 4.78 is 1.96. The van der Waals surface area contributed by atoms with Gasteiger partial charge in [0.1, 0.15) is 5.69 Å². The third-order valence-electron chi connectivity index (χ3n) is 5.07. The normalized spacial score (nSPS) is 16.0. The number of fused-ring (bicyclic) bond motifs is 1. The summed E-state index contributed by atoms with van der Waals surface area (Å²) in [6.07, 6.45) is 5.33. The van der Waals surface area contributed by atoms with Crippen LogP contribution < -0.4 is 0 Å². The van der Waals surface area contributed by atoms with E-state index < -0.39 is 0 Å². The number of para-hydroxylation sites is 2. The zero-order chi connectivity index (χ0) is 19.0. The molecule has 0 bridgehead atoms. The topological polar surface area (TPSA) is 76.8 Å². The van der Waals surface area contributed by atoms with E-state index in [2.05, 4.69) is 41.1 Å². The number of nitrogens with zero attached hydrogens (tertiary/aromatic N) is 6. The van der Waals surface area contributed by atoms with Gasteiger partial charge in [-0.3, -0.25) is 9.78 Å². The maximum Gasteiger partial charge on any atom is 0.274 e. The van der Waals surface area contributed by atoms with Crippen LogP contribution in [0.5, 0.6) is 0 Å². The van der Waals surface area contributed by atoms with Gasteiger partial charge in [-0.25, -0.2) is 9.67 Å². The first-order valence-electron chi connectivity index (χ1n) is 9.35. The first-order chi connectivity index (χ1) is 12.9. The van der Waals surface area contributed by atoms with Crippen molar-refractivity contribution in [2.24, 2.45) is 0 Å². The third-order valence-corrected chi connectivity index (χ3v) is 5.07. The van der Waals surface area contributed by atoms with E-state index in [1.807, 2.05) is 40.0 Å². The second-order valence-electron chi connectivity index (χ2n) is 8.10. The first kappa shape index (κ1) is 17.6. The van der Waals surface area contributed by atoms with Crippen LogP contribution >= 0.6 is 0 Å². The Hall–Kier alpha value is -2.83. The number of aromatic nitrogens is 5. The summed E-state index contributed by atoms with van der Waals surface area (Å²) >= 11 is 0. The van der Waals surface area contributed by atoms with Crippen LogP contribution in [0.2, 0.25) is 0 Å². The van der Waals surface area contributed by atoms with Crippen molar-refractivity contribution >= 4 is 16.9 Å². The number of carbonyl (C=O) groups is 1. The van der Waals surface area contributed by atoms with Gasteiger partial charge in [0.15, 0.2) is 0 Å². The highest BCUT2D eigenvalue weighted by Crippen LogP contribution is 2.25. The zero-order valence-electron chi connectivity index (χ0n) is 16.0. The van der Waals surface area contributed by atoms with E-state index in [9.17, 15) is 4.79 Å². The molecule has 27 heavy (non-hydrogen) atoms. The van der Waals surface area contributed by atoms with Gasteiger partial charge in [0.25, 0.3) is 5.91 Å². The predicted molar refractivity (Wildman–Crippen MR) is 102 cm³/mol. The molecule has 0 spiro atoms. The lowest BCUT2D eigenvalue weighted by atomic mass is 9.93. The molecule has 2 aromatic heterocycles. The largest absolute Gasteiger partial charge is 0.337 e. The van der Waals surface area contributed by atoms with Crippen molar-refractivity contribution in [3.8, 4) is 0 Å². The minimum atomic E-state index is -0.0549. The number of piperidine rings is 1. The molecule has 7 nitrogen and oxygen atoms in total. The van der Waals surface area contributed by atoms with Crippen molar-refractivity contribution in [2.75, 3.05) is 13.1 Å². The minimum Gasteiger partial charge on any atom is -0.337 e. The fraction of sp³-hybridized carbons (Fsp3) is 0.450. The molecular formula is C20H24N6O. The standard InChI is InChI=1S/C20H24N6O/c1-20(2,3)18-13-26(24-23-18)14-8-10-25(11-9-14)19(27)17-12-21-15-6-4-5-7-16(15)22-17/h4-7,12-14H,8-11H2,1-3H3. The van der Waals surface area contributed by atoms with E-state index in [1.165, 1.54) is 0 Å². The first-order valence-corrected chi connectivity index (χ1v) is 9.35. The maximum atomic E-state index is 12.8. The van der Waals surface area contributed by atoms with Gasteiger partial charge in [-0.05, 0) is 25.0 Å². The molecule has 140 valence electrons. The van der Waals surface area contributed by atoms with Gasteiger partial charge in [-0.15, -0.1) is 5.10 Å². The Morgan fingerprint density at radius 3 is 2.48 bits per heavy atom. The van der Waals surface area contributed by atoms with Crippen LogP contribution in [0.3, 0.4) is 0 Å². The Morgan fingerprint density at radius 2 is 1.81 bits per heavy atom. The maximum absolute atomic E-state index is 12.8. The molecule has 1 aromatic carbocycles. The molecule has 0 aliphatic carbocycles. The highest BCUT2D eigenvalue weighted by molar-refractivity contribution is 5.93. The molecule has 3 aromatic rings. The second-order valence-corrected chi connectivity index (χ2v) is 8.10. The lowest BCUT2D eigenvalue weighted by Crippen LogP contribution is -2.39. The summed E-state index contributed by atoms with van der Waals surface area (Å²) in [6.45, 7) is 7.76. The van der Waals surface area contributed by atoms with Crippen molar-refractivity contribution in [1.82, 2.24) is 29.9 Å². The predicted octanol–water partition coefficient (Wildman–Crippen LogP) is 3.00. The van der Waals surface area contributed by atoms with Gasteiger partial charge in [-0.1, -0.05) is 38.1 Å². The molecule has 7 heteroatoms. The average Bonchev–Trinajstić information content (AvgIpc) is 3.18. The average molecular weight is 364 g/mol. The van der Waals surface area contributed by atoms with E-state index in [0.717, 1.165) is 29.6 Å². The Morgan fingerprint density at radius 1 is 1.11 bits per heavy atom. The summed E-state index contributed by atoms with van der Waals surface area (Å²) in [5.41, 5.74) is 2.93. The summed E-state index contributed by atoms with van der Waals surface area (Å²) in [6, 6.07) is 7.87. The van der Waals surface area contributed by atoms with Gasteiger partial charge in [-0.2, -0.15) is 0 Å². The number of hydrogen-bond acceptors (Lipinski definition) is 5. The molecule has 1 fully saturated rings. The summed E-state index contributed by atoms with van der Waals surface area (Å²) in [5, 5.41) is 8.62. The molecule has 1 saturated heterocycles. The van der Waals surface area contributed by atoms with Crippen molar-refractivity contribution in [3.63, 3.8) is 0 Å². The smallest absolute Gasteiger partial charge is 0.274 e. The second kappa shape index (κ2) is 6.72. The summed E-state index contributed by atoms with van der Waals surface area (Å²) in [7, 11) is 0. The highest BCUT2D eigenvalue weighted by atomic mass is 16.2. The molecule has 1 aliphatic rings. The van der Waals surface area contributed by atoms with E-state index in [0.29, 0.717) is 18.8 Å². The van der Waals surface area contributed by atoms with E-state index in [-0.39, 0.29) is 17.4 Å². The van der Waals surface area contributed by atoms with Crippen molar-refractivity contribution in [2.45, 2.75) is 45.1 Å². The van der Waals surface area contributed by atoms with E-state index in [4.69, 9.17) is 0 Å². The van der Waals surface area contributed by atoms with Crippen LogP contribution in [0.1, 0.15) is 55.8 Å². The number of rotatable bonds is 2. The van der Waals surface area contributed by atoms with Gasteiger partial charge >= 0.3 is 0 Å². The quantitative estimate of drug-likeness (QED) is 0.699. The van der Waals surface area contributed by atoms with Crippen molar-refractivity contribution < 1.29 is 4.79 Å². The van der Waals surface area contributed by atoms with Crippen LogP contribution in [0.15, 0.2) is 36.7 Å². The lowest BCUT2D eigenvalue weighted by Gasteiger charge is -2.31. The highest BCUT2D eigenvalue weighted by Gasteiger charge is 2.27. The van der Waals surface area contributed by atoms with Crippen LogP contribution in [-0.2, 0) is 5.41 Å². The molecule has 1 aliphatic heterocycles. The monoisotopic (exact) mass is 364 g/mol. The fourth-order valence-electron chi connectivity index (χ4n) is 3.35. The summed E-state index contributed by atoms with van der Waals surface area (Å²) in [5.74, 6) is -0.0549. The van der Waals surface area contributed by atoms with Crippen molar-refractivity contribution in [1.29, 1.82) is 0 Å². The Kier molecular flexibility index (Phi) is 4.37. The molecule has 1 amide bonds. The van der Waals surface area contributed by atoms with Crippen LogP contribution in [0.4, 0.5) is 0 Å². The number of hydrogen-bond donors (Lipinski definition) is 0. The number of benzene rings is 1. The number of amides is 1. The van der Waals surface area contributed by atoms with E-state index >= 15 is 0 Å². The Labute approximate surface area is 158 Å². The molecule has 3 heterocycles. The van der Waals surface area contributed by atoms with Crippen LogP contribution in [0, 0.1) is 0 Å². The van der Waals surface area contributed by atoms with Crippen LogP contribution in [0.25, 0.3) is 11.0 Å². The molecule has 0 unspecified atom stereocenters. The molecule has 0 N–H and O–H groups in total. The van der Waals surface area contributed by atoms with Gasteiger partial charge in [0.2, 0.25) is 0 Å². The van der Waals surface area contributed by atoms with Gasteiger partial charge in [0.05, 0.1) is 29.0 Å². The van der Waals surface area contributed by atoms with Gasteiger partial charge in [0, 0.05) is 24.7 Å². The molecule has 0 atom stereocenters. The lowest BCUT2D eigenvalue weighted by molar-refractivity contribution is 0.0683. The van der Waals surface area contributed by atoms with Crippen LogP contribution in [-0.4, -0.2) is 48.9 Å². The van der Waals surface area contributed by atoms with Crippen molar-refractivity contribution in [3.05, 3.63) is 48.0 Å². The van der Waals surface area contributed by atoms with Gasteiger partial charge < -0.3 is 4.90 Å². The molecule has 0 saturated carbocycles. The fourth-order valence-corrected chi connectivity index (χ4v) is 3.35. The third kappa shape index (κ3) is 3.54. The van der Waals surface area contributed by atoms with E-state index in [1.54, 1.807) is 6.20 Å². The SMILES string of the molecule is CC(C)(C)c1cn(C2CCN(C(=O)c3cnc4ccccc4n3)CC2)nn1. The minimum absolute atomic E-state index is 0.0102. The molecule has 0 radical (unpaired) electrons. The Balaban J connectivity index is 1.43. The number of carbonyl (C=O) groups excluding carboxylic acids is 1. The summed E-state index contributed by atoms with van der Waals surface area (Å²) in [4.78, 5) is 23.5. The number of likely N-dealkylation sites (tertiary alicyclic amines) is 1. The Bertz CT molecular complexity index is 966. The zero-order valence-corrected chi connectivity index (χ0v) is 16.0. The molecule has 4 rings (SSSR count).